The first kappa shape index (κ1) is 8.11. The second-order valence-corrected chi connectivity index (χ2v) is 4.13. The van der Waals surface area contributed by atoms with Crippen molar-refractivity contribution >= 4 is 0 Å². The lowest BCUT2D eigenvalue weighted by Gasteiger charge is -2.31. The van der Waals surface area contributed by atoms with Gasteiger partial charge in [0.2, 0.25) is 0 Å². The molecule has 68 valence electrons. The molecule has 1 aliphatic carbocycles. The zero-order valence-corrected chi connectivity index (χ0v) is 7.66. The summed E-state index contributed by atoms with van der Waals surface area (Å²) in [5.41, 5.74) is 1.30. The van der Waals surface area contributed by atoms with Crippen LogP contribution in [0.4, 0.5) is 0 Å². The van der Waals surface area contributed by atoms with Crippen molar-refractivity contribution in [3.8, 4) is 0 Å². The molecule has 0 bridgehead atoms. The Labute approximate surface area is 73.2 Å². The lowest BCUT2D eigenvalue weighted by atomic mass is 9.84. The summed E-state index contributed by atoms with van der Waals surface area (Å²) in [6.45, 7) is 4.30. The van der Waals surface area contributed by atoms with Gasteiger partial charge in [0.05, 0.1) is 6.26 Å². The van der Waals surface area contributed by atoms with Gasteiger partial charge in [-0.25, -0.2) is 0 Å². The van der Waals surface area contributed by atoms with Gasteiger partial charge in [0.25, 0.3) is 0 Å². The number of hydrogen-bond acceptors (Lipinski definition) is 2. The third-order valence-corrected chi connectivity index (χ3v) is 3.36. The molecule has 2 rings (SSSR count). The number of aliphatic hydroxyl groups is 1. The van der Waals surface area contributed by atoms with Gasteiger partial charge in [-0.3, -0.25) is 0 Å². The summed E-state index contributed by atoms with van der Waals surface area (Å²) in [7, 11) is 0. The monoisotopic (exact) mass is 168 g/mol. The Kier molecular flexibility index (Phi) is 1.87. The molecule has 2 heteroatoms. The molecule has 0 amide bonds. The van der Waals surface area contributed by atoms with Gasteiger partial charge in [0.1, 0.15) is 0 Å². The van der Waals surface area contributed by atoms with Crippen molar-refractivity contribution in [2.24, 2.45) is 17.8 Å². The van der Waals surface area contributed by atoms with E-state index < -0.39 is 6.29 Å². The Balaban J connectivity index is 2.23. The number of fused-ring (bicyclic) bond motifs is 1. The molecular formula is C10H16O2. The molecule has 1 aliphatic heterocycles. The third kappa shape index (κ3) is 1.06. The quantitative estimate of drug-likeness (QED) is 0.598. The fourth-order valence-electron chi connectivity index (χ4n) is 2.59. The Hall–Kier alpha value is -0.500. The van der Waals surface area contributed by atoms with Crippen LogP contribution < -0.4 is 0 Å². The van der Waals surface area contributed by atoms with Crippen LogP contribution in [0.15, 0.2) is 11.8 Å². The SMILES string of the molecule is CC1=CO[C@@H](O)[C@H]2[C@@H](C)CC[C@@H]12. The van der Waals surface area contributed by atoms with Crippen molar-refractivity contribution in [2.45, 2.75) is 33.0 Å². The first-order valence-electron chi connectivity index (χ1n) is 4.70. The van der Waals surface area contributed by atoms with Crippen LogP contribution in [0.1, 0.15) is 26.7 Å². The summed E-state index contributed by atoms with van der Waals surface area (Å²) in [4.78, 5) is 0. The summed E-state index contributed by atoms with van der Waals surface area (Å²) in [5, 5.41) is 9.60. The van der Waals surface area contributed by atoms with Gasteiger partial charge < -0.3 is 9.84 Å². The summed E-state index contributed by atoms with van der Waals surface area (Å²) in [5.74, 6) is 1.52. The van der Waals surface area contributed by atoms with E-state index in [0.717, 1.165) is 0 Å². The highest BCUT2D eigenvalue weighted by molar-refractivity contribution is 5.09. The standard InChI is InChI=1S/C10H16O2/c1-6-3-4-8-7(2)5-12-10(11)9(6)8/h5-6,8-11H,3-4H2,1-2H3/t6-,8-,9-,10+/m0/s1. The fraction of sp³-hybridized carbons (Fsp3) is 0.800. The molecule has 2 aliphatic rings. The minimum Gasteiger partial charge on any atom is -0.472 e. The van der Waals surface area contributed by atoms with Gasteiger partial charge >= 0.3 is 0 Å². The van der Waals surface area contributed by atoms with E-state index in [4.69, 9.17) is 4.74 Å². The van der Waals surface area contributed by atoms with Crippen LogP contribution in [-0.4, -0.2) is 11.4 Å². The minimum atomic E-state index is -0.559. The zero-order valence-electron chi connectivity index (χ0n) is 7.66. The van der Waals surface area contributed by atoms with E-state index in [1.807, 2.05) is 0 Å². The summed E-state index contributed by atoms with van der Waals surface area (Å²) >= 11 is 0. The molecule has 0 unspecified atom stereocenters. The number of rotatable bonds is 0. The van der Waals surface area contributed by atoms with E-state index in [2.05, 4.69) is 13.8 Å². The van der Waals surface area contributed by atoms with Crippen LogP contribution in [0.5, 0.6) is 0 Å². The molecule has 4 atom stereocenters. The molecule has 1 saturated carbocycles. The van der Waals surface area contributed by atoms with Crippen LogP contribution in [0.3, 0.4) is 0 Å². The molecule has 0 aromatic heterocycles. The van der Waals surface area contributed by atoms with E-state index in [9.17, 15) is 5.11 Å². The largest absolute Gasteiger partial charge is 0.472 e. The van der Waals surface area contributed by atoms with Crippen LogP contribution in [-0.2, 0) is 4.74 Å². The van der Waals surface area contributed by atoms with Crippen molar-refractivity contribution in [2.75, 3.05) is 0 Å². The highest BCUT2D eigenvalue weighted by atomic mass is 16.6. The molecule has 0 radical (unpaired) electrons. The van der Waals surface area contributed by atoms with E-state index in [0.29, 0.717) is 17.8 Å². The summed E-state index contributed by atoms with van der Waals surface area (Å²) in [6.07, 6.45) is 3.61. The molecule has 1 heterocycles. The van der Waals surface area contributed by atoms with Crippen molar-refractivity contribution in [3.05, 3.63) is 11.8 Å². The van der Waals surface area contributed by atoms with Crippen LogP contribution in [0.2, 0.25) is 0 Å². The van der Waals surface area contributed by atoms with Crippen LogP contribution in [0, 0.1) is 17.8 Å². The van der Waals surface area contributed by atoms with Crippen LogP contribution in [0.25, 0.3) is 0 Å². The zero-order chi connectivity index (χ0) is 8.72. The Morgan fingerprint density at radius 3 is 2.92 bits per heavy atom. The minimum absolute atomic E-state index is 0.343. The van der Waals surface area contributed by atoms with E-state index >= 15 is 0 Å². The van der Waals surface area contributed by atoms with E-state index in [1.54, 1.807) is 6.26 Å². The van der Waals surface area contributed by atoms with Gasteiger partial charge in [0, 0.05) is 5.92 Å². The number of aliphatic hydroxyl groups excluding tert-OH is 1. The predicted octanol–water partition coefficient (Wildman–Crippen LogP) is 1.90. The second kappa shape index (κ2) is 2.77. The molecule has 2 nitrogen and oxygen atoms in total. The van der Waals surface area contributed by atoms with Crippen molar-refractivity contribution in [1.29, 1.82) is 0 Å². The third-order valence-electron chi connectivity index (χ3n) is 3.36. The van der Waals surface area contributed by atoms with Gasteiger partial charge in [0.15, 0.2) is 6.29 Å². The molecular weight excluding hydrogens is 152 g/mol. The molecule has 1 N–H and O–H groups in total. The molecule has 0 spiro atoms. The highest BCUT2D eigenvalue weighted by Crippen LogP contribution is 2.45. The maximum Gasteiger partial charge on any atom is 0.200 e. The normalized spacial score (nSPS) is 46.4. The van der Waals surface area contributed by atoms with Gasteiger partial charge in [-0.05, 0) is 37.2 Å². The van der Waals surface area contributed by atoms with Gasteiger partial charge in [-0.2, -0.15) is 0 Å². The Morgan fingerprint density at radius 1 is 1.50 bits per heavy atom. The second-order valence-electron chi connectivity index (χ2n) is 4.13. The Bertz CT molecular complexity index is 210. The lowest BCUT2D eigenvalue weighted by molar-refractivity contribution is -0.121. The molecule has 0 aromatic carbocycles. The molecule has 12 heavy (non-hydrogen) atoms. The Morgan fingerprint density at radius 2 is 2.25 bits per heavy atom. The predicted molar refractivity (Wildman–Crippen MR) is 46.2 cm³/mol. The number of allylic oxidation sites excluding steroid dienone is 1. The fourth-order valence-corrected chi connectivity index (χ4v) is 2.59. The average molecular weight is 168 g/mol. The van der Waals surface area contributed by atoms with Crippen LogP contribution >= 0.6 is 0 Å². The van der Waals surface area contributed by atoms with Crippen molar-refractivity contribution < 1.29 is 9.84 Å². The lowest BCUT2D eigenvalue weighted by Crippen LogP contribution is -2.32. The maximum atomic E-state index is 9.60. The smallest absolute Gasteiger partial charge is 0.200 e. The number of ether oxygens (including phenoxy) is 1. The average Bonchev–Trinajstić information content (AvgIpc) is 2.42. The summed E-state index contributed by atoms with van der Waals surface area (Å²) in [6, 6.07) is 0. The van der Waals surface area contributed by atoms with Gasteiger partial charge in [-0.15, -0.1) is 0 Å². The first-order valence-corrected chi connectivity index (χ1v) is 4.70. The topological polar surface area (TPSA) is 29.5 Å². The first-order chi connectivity index (χ1) is 5.70. The van der Waals surface area contributed by atoms with Crippen molar-refractivity contribution in [3.63, 3.8) is 0 Å². The van der Waals surface area contributed by atoms with Gasteiger partial charge in [-0.1, -0.05) is 6.92 Å². The number of hydrogen-bond donors (Lipinski definition) is 1. The van der Waals surface area contributed by atoms with E-state index in [1.165, 1.54) is 18.4 Å². The molecule has 1 fully saturated rings. The maximum absolute atomic E-state index is 9.60. The molecule has 0 saturated heterocycles. The van der Waals surface area contributed by atoms with Crippen molar-refractivity contribution in [1.82, 2.24) is 0 Å². The summed E-state index contributed by atoms with van der Waals surface area (Å²) < 4.78 is 5.17. The van der Waals surface area contributed by atoms with E-state index in [-0.39, 0.29) is 0 Å². The molecule has 0 aromatic rings. The highest BCUT2D eigenvalue weighted by Gasteiger charge is 2.42.